The van der Waals surface area contributed by atoms with Gasteiger partial charge in [-0.1, -0.05) is 0 Å². The van der Waals surface area contributed by atoms with Crippen LogP contribution in [0.3, 0.4) is 0 Å². The van der Waals surface area contributed by atoms with E-state index >= 15 is 0 Å². The fraction of sp³-hybridized carbons (Fsp3) is 0.682. The SMILES string of the molecule is CC(NC(=O)C1CCN(c2ccc(S(=O)(=O)N3CCOCC3)cc2[N+](=O)[O-])CC1)C1CCCO1. The van der Waals surface area contributed by atoms with Crippen molar-refractivity contribution in [3.8, 4) is 0 Å². The number of carbonyl (C=O) groups is 1. The number of anilines is 1. The zero-order valence-corrected chi connectivity index (χ0v) is 20.2. The van der Waals surface area contributed by atoms with Gasteiger partial charge in [-0.25, -0.2) is 8.42 Å². The van der Waals surface area contributed by atoms with E-state index in [1.807, 2.05) is 11.8 Å². The minimum absolute atomic E-state index is 0.0101. The molecule has 0 radical (unpaired) electrons. The summed E-state index contributed by atoms with van der Waals surface area (Å²) in [5, 5.41) is 14.9. The van der Waals surface area contributed by atoms with Crippen molar-refractivity contribution in [2.75, 3.05) is 50.9 Å². The molecule has 3 fully saturated rings. The van der Waals surface area contributed by atoms with Crippen LogP contribution < -0.4 is 10.2 Å². The summed E-state index contributed by atoms with van der Waals surface area (Å²) in [6.45, 7) is 4.68. The Labute approximate surface area is 199 Å². The summed E-state index contributed by atoms with van der Waals surface area (Å²) in [5.74, 6) is -0.177. The largest absolute Gasteiger partial charge is 0.379 e. The van der Waals surface area contributed by atoms with Crippen molar-refractivity contribution in [2.45, 2.75) is 49.6 Å². The monoisotopic (exact) mass is 496 g/mol. The molecule has 0 bridgehead atoms. The van der Waals surface area contributed by atoms with E-state index in [0.29, 0.717) is 44.8 Å². The van der Waals surface area contributed by atoms with E-state index in [-0.39, 0.29) is 47.6 Å². The Hall–Kier alpha value is -2.28. The zero-order chi connectivity index (χ0) is 24.3. The molecule has 0 saturated carbocycles. The summed E-state index contributed by atoms with van der Waals surface area (Å²) < 4.78 is 38.0. The van der Waals surface area contributed by atoms with E-state index in [1.54, 1.807) is 0 Å². The normalized spacial score (nSPS) is 23.6. The molecule has 0 aliphatic carbocycles. The molecule has 34 heavy (non-hydrogen) atoms. The molecule has 3 heterocycles. The van der Waals surface area contributed by atoms with E-state index in [0.717, 1.165) is 25.5 Å². The smallest absolute Gasteiger partial charge is 0.293 e. The standard InChI is InChI=1S/C22H32N4O7S/c1-16(21-3-2-12-33-21)23-22(27)17-6-8-24(9-7-17)19-5-4-18(15-20(19)26(28)29)34(30,31)25-10-13-32-14-11-25/h4-5,15-17,21H,2-3,6-14H2,1H3,(H,23,27). The fourth-order valence-electron chi connectivity index (χ4n) is 4.83. The number of benzene rings is 1. The Bertz CT molecular complexity index is 999. The molecule has 3 aliphatic heterocycles. The molecule has 188 valence electrons. The summed E-state index contributed by atoms with van der Waals surface area (Å²) in [5.41, 5.74) is 0.127. The number of sulfonamides is 1. The van der Waals surface area contributed by atoms with Crippen LogP contribution in [0.4, 0.5) is 11.4 Å². The van der Waals surface area contributed by atoms with E-state index in [4.69, 9.17) is 9.47 Å². The van der Waals surface area contributed by atoms with Gasteiger partial charge in [0.15, 0.2) is 0 Å². The van der Waals surface area contributed by atoms with Crippen LogP contribution in [0.5, 0.6) is 0 Å². The highest BCUT2D eigenvalue weighted by atomic mass is 32.2. The van der Waals surface area contributed by atoms with Gasteiger partial charge in [-0.15, -0.1) is 0 Å². The highest BCUT2D eigenvalue weighted by Gasteiger charge is 2.33. The van der Waals surface area contributed by atoms with Gasteiger partial charge < -0.3 is 19.7 Å². The summed E-state index contributed by atoms with van der Waals surface area (Å²) >= 11 is 0. The molecule has 11 nitrogen and oxygen atoms in total. The Morgan fingerprint density at radius 3 is 2.47 bits per heavy atom. The van der Waals surface area contributed by atoms with Crippen LogP contribution in [0.15, 0.2) is 23.1 Å². The molecule has 3 saturated heterocycles. The van der Waals surface area contributed by atoms with Crippen LogP contribution in [0, 0.1) is 16.0 Å². The first kappa shape index (κ1) is 24.8. The van der Waals surface area contributed by atoms with Crippen molar-refractivity contribution < 1.29 is 27.6 Å². The van der Waals surface area contributed by atoms with Gasteiger partial charge in [0.2, 0.25) is 15.9 Å². The predicted octanol–water partition coefficient (Wildman–Crippen LogP) is 1.52. The number of hydrogen-bond acceptors (Lipinski definition) is 8. The van der Waals surface area contributed by atoms with Crippen LogP contribution >= 0.6 is 0 Å². The third-order valence-corrected chi connectivity index (χ3v) is 8.74. The highest BCUT2D eigenvalue weighted by Crippen LogP contribution is 2.34. The van der Waals surface area contributed by atoms with Crippen molar-refractivity contribution in [2.24, 2.45) is 5.92 Å². The number of carbonyl (C=O) groups excluding carboxylic acids is 1. The Morgan fingerprint density at radius 1 is 1.15 bits per heavy atom. The Balaban J connectivity index is 1.42. The lowest BCUT2D eigenvalue weighted by Crippen LogP contribution is -2.46. The first-order valence-electron chi connectivity index (χ1n) is 11.8. The van der Waals surface area contributed by atoms with Gasteiger partial charge in [0.1, 0.15) is 5.69 Å². The fourth-order valence-corrected chi connectivity index (χ4v) is 6.26. The maximum atomic E-state index is 12.9. The predicted molar refractivity (Wildman–Crippen MR) is 124 cm³/mol. The average Bonchev–Trinajstić information content (AvgIpc) is 3.39. The number of nitro benzene ring substituents is 1. The first-order chi connectivity index (χ1) is 16.3. The number of hydrogen-bond donors (Lipinski definition) is 1. The van der Waals surface area contributed by atoms with Crippen LogP contribution in [0.1, 0.15) is 32.6 Å². The molecule has 1 aromatic rings. The lowest BCUT2D eigenvalue weighted by molar-refractivity contribution is -0.384. The number of ether oxygens (including phenoxy) is 2. The van der Waals surface area contributed by atoms with Crippen molar-refractivity contribution in [1.82, 2.24) is 9.62 Å². The number of morpholine rings is 1. The number of nitro groups is 1. The van der Waals surface area contributed by atoms with Crippen LogP contribution in [-0.4, -0.2) is 81.7 Å². The van der Waals surface area contributed by atoms with Crippen LogP contribution in [0.25, 0.3) is 0 Å². The van der Waals surface area contributed by atoms with Gasteiger partial charge in [0, 0.05) is 44.8 Å². The summed E-state index contributed by atoms with van der Waals surface area (Å²) in [6.07, 6.45) is 3.14. The molecule has 4 rings (SSSR count). The molecular weight excluding hydrogens is 464 g/mol. The topological polar surface area (TPSA) is 131 Å². The quantitative estimate of drug-likeness (QED) is 0.444. The summed E-state index contributed by atoms with van der Waals surface area (Å²) in [7, 11) is -3.84. The van der Waals surface area contributed by atoms with Crippen molar-refractivity contribution in [3.05, 3.63) is 28.3 Å². The molecule has 2 unspecified atom stereocenters. The number of piperidine rings is 1. The molecule has 12 heteroatoms. The van der Waals surface area contributed by atoms with Crippen molar-refractivity contribution in [3.63, 3.8) is 0 Å². The van der Waals surface area contributed by atoms with Gasteiger partial charge in [0.25, 0.3) is 5.69 Å². The lowest BCUT2D eigenvalue weighted by Gasteiger charge is -2.33. The second-order valence-electron chi connectivity index (χ2n) is 9.03. The number of nitrogens with one attached hydrogen (secondary N) is 1. The molecular formula is C22H32N4O7S. The summed E-state index contributed by atoms with van der Waals surface area (Å²) in [4.78, 5) is 25.7. The molecule has 2 atom stereocenters. The third-order valence-electron chi connectivity index (χ3n) is 6.85. The number of amides is 1. The Morgan fingerprint density at radius 2 is 1.85 bits per heavy atom. The molecule has 1 aromatic carbocycles. The third kappa shape index (κ3) is 5.35. The molecule has 0 aromatic heterocycles. The maximum absolute atomic E-state index is 12.9. The number of rotatable bonds is 7. The van der Waals surface area contributed by atoms with Gasteiger partial charge >= 0.3 is 0 Å². The minimum atomic E-state index is -3.84. The second kappa shape index (κ2) is 10.5. The molecule has 3 aliphatic rings. The van der Waals surface area contributed by atoms with Gasteiger partial charge in [-0.3, -0.25) is 14.9 Å². The Kier molecular flexibility index (Phi) is 7.70. The zero-order valence-electron chi connectivity index (χ0n) is 19.3. The average molecular weight is 497 g/mol. The lowest BCUT2D eigenvalue weighted by atomic mass is 9.94. The van der Waals surface area contributed by atoms with E-state index < -0.39 is 14.9 Å². The van der Waals surface area contributed by atoms with Gasteiger partial charge in [-0.05, 0) is 44.7 Å². The molecule has 1 N–H and O–H groups in total. The van der Waals surface area contributed by atoms with Crippen LogP contribution in [0.2, 0.25) is 0 Å². The highest BCUT2D eigenvalue weighted by molar-refractivity contribution is 7.89. The van der Waals surface area contributed by atoms with Crippen molar-refractivity contribution >= 4 is 27.3 Å². The van der Waals surface area contributed by atoms with Gasteiger partial charge in [0.05, 0.1) is 35.2 Å². The van der Waals surface area contributed by atoms with E-state index in [1.165, 1.54) is 16.4 Å². The molecule has 0 spiro atoms. The van der Waals surface area contributed by atoms with Crippen molar-refractivity contribution in [1.29, 1.82) is 0 Å². The minimum Gasteiger partial charge on any atom is -0.379 e. The van der Waals surface area contributed by atoms with E-state index in [2.05, 4.69) is 5.32 Å². The summed E-state index contributed by atoms with van der Waals surface area (Å²) in [6, 6.07) is 4.03. The molecule has 1 amide bonds. The maximum Gasteiger partial charge on any atom is 0.293 e. The van der Waals surface area contributed by atoms with E-state index in [9.17, 15) is 23.3 Å². The van der Waals surface area contributed by atoms with Crippen LogP contribution in [-0.2, 0) is 24.3 Å². The first-order valence-corrected chi connectivity index (χ1v) is 13.2. The number of nitrogens with zero attached hydrogens (tertiary/aromatic N) is 3. The van der Waals surface area contributed by atoms with Gasteiger partial charge in [-0.2, -0.15) is 4.31 Å². The second-order valence-corrected chi connectivity index (χ2v) is 11.0.